The van der Waals surface area contributed by atoms with Crippen LogP contribution in [0.5, 0.6) is 0 Å². The number of aromatic nitrogens is 2. The van der Waals surface area contributed by atoms with Gasteiger partial charge >= 0.3 is 0 Å². The number of rotatable bonds is 2. The molecule has 4 nitrogen and oxygen atoms in total. The lowest BCUT2D eigenvalue weighted by atomic mass is 9.96. The maximum atomic E-state index is 11.9. The number of anilines is 1. The van der Waals surface area contributed by atoms with Crippen molar-refractivity contribution in [2.75, 3.05) is 5.32 Å². The third kappa shape index (κ3) is 3.48. The van der Waals surface area contributed by atoms with Crippen molar-refractivity contribution in [3.05, 3.63) is 28.2 Å². The summed E-state index contributed by atoms with van der Waals surface area (Å²) in [6.07, 6.45) is 0. The Morgan fingerprint density at radius 1 is 1.25 bits per heavy atom. The Kier molecular flexibility index (Phi) is 4.32. The van der Waals surface area contributed by atoms with E-state index in [-0.39, 0.29) is 5.91 Å². The third-order valence-corrected chi connectivity index (χ3v) is 3.91. The number of nitrogens with one attached hydrogen (secondary N) is 1. The van der Waals surface area contributed by atoms with Crippen LogP contribution >= 0.6 is 34.5 Å². The molecule has 2 aromatic rings. The van der Waals surface area contributed by atoms with Gasteiger partial charge in [0.25, 0.3) is 0 Å². The average Bonchev–Trinajstić information content (AvgIpc) is 2.76. The van der Waals surface area contributed by atoms with Gasteiger partial charge in [0, 0.05) is 16.0 Å². The standard InChI is InChI=1S/C13H13Cl2N3OS/c1-13(2,3)11(19)16-12-18-17-10(20-12)8-5-4-7(14)6-9(8)15/h4-6H,1-3H3,(H,16,18,19). The van der Waals surface area contributed by atoms with Crippen LogP contribution in [0.2, 0.25) is 10.0 Å². The summed E-state index contributed by atoms with van der Waals surface area (Å²) >= 11 is 13.2. The molecule has 0 unspecified atom stereocenters. The molecule has 1 N–H and O–H groups in total. The lowest BCUT2D eigenvalue weighted by Gasteiger charge is -2.15. The van der Waals surface area contributed by atoms with Gasteiger partial charge in [0.05, 0.1) is 5.02 Å². The van der Waals surface area contributed by atoms with E-state index in [1.165, 1.54) is 11.3 Å². The fourth-order valence-corrected chi connectivity index (χ4v) is 2.66. The smallest absolute Gasteiger partial charge is 0.231 e. The van der Waals surface area contributed by atoms with E-state index in [4.69, 9.17) is 23.2 Å². The number of nitrogens with zero attached hydrogens (tertiary/aromatic N) is 2. The van der Waals surface area contributed by atoms with E-state index < -0.39 is 5.41 Å². The average molecular weight is 330 g/mol. The molecule has 0 aliphatic rings. The number of benzene rings is 1. The van der Waals surface area contributed by atoms with Gasteiger partial charge in [0.1, 0.15) is 0 Å². The number of halogens is 2. The van der Waals surface area contributed by atoms with Crippen molar-refractivity contribution < 1.29 is 4.79 Å². The highest BCUT2D eigenvalue weighted by Gasteiger charge is 2.22. The maximum absolute atomic E-state index is 11.9. The molecule has 20 heavy (non-hydrogen) atoms. The molecule has 1 aromatic carbocycles. The van der Waals surface area contributed by atoms with Gasteiger partial charge in [-0.25, -0.2) is 0 Å². The number of hydrogen-bond acceptors (Lipinski definition) is 4. The van der Waals surface area contributed by atoms with Gasteiger partial charge < -0.3 is 5.32 Å². The van der Waals surface area contributed by atoms with Crippen LogP contribution in [-0.4, -0.2) is 16.1 Å². The molecule has 0 radical (unpaired) electrons. The second-order valence-corrected chi connectivity index (χ2v) is 7.06. The molecule has 0 aliphatic heterocycles. The molecule has 2 rings (SSSR count). The van der Waals surface area contributed by atoms with Gasteiger partial charge in [-0.1, -0.05) is 55.3 Å². The Bertz CT molecular complexity index is 649. The summed E-state index contributed by atoms with van der Waals surface area (Å²) in [7, 11) is 0. The lowest BCUT2D eigenvalue weighted by Crippen LogP contribution is -2.27. The number of carbonyl (C=O) groups is 1. The Morgan fingerprint density at radius 2 is 1.95 bits per heavy atom. The van der Waals surface area contributed by atoms with Crippen molar-refractivity contribution in [2.45, 2.75) is 20.8 Å². The van der Waals surface area contributed by atoms with Crippen molar-refractivity contribution in [1.29, 1.82) is 0 Å². The van der Waals surface area contributed by atoms with Gasteiger partial charge in [-0.2, -0.15) is 0 Å². The summed E-state index contributed by atoms with van der Waals surface area (Å²) in [4.78, 5) is 11.9. The number of amides is 1. The first-order chi connectivity index (χ1) is 9.27. The van der Waals surface area contributed by atoms with Crippen LogP contribution in [0, 0.1) is 5.41 Å². The highest BCUT2D eigenvalue weighted by atomic mass is 35.5. The molecule has 106 valence electrons. The topological polar surface area (TPSA) is 54.9 Å². The van der Waals surface area contributed by atoms with Crippen molar-refractivity contribution in [2.24, 2.45) is 5.41 Å². The van der Waals surface area contributed by atoms with Gasteiger partial charge in [-0.05, 0) is 18.2 Å². The Morgan fingerprint density at radius 3 is 2.55 bits per heavy atom. The Labute approximate surface area is 131 Å². The number of hydrogen-bond donors (Lipinski definition) is 1. The van der Waals surface area contributed by atoms with Gasteiger partial charge in [-0.15, -0.1) is 10.2 Å². The Hall–Kier alpha value is -1.17. The van der Waals surface area contributed by atoms with E-state index in [2.05, 4.69) is 15.5 Å². The lowest BCUT2D eigenvalue weighted by molar-refractivity contribution is -0.123. The summed E-state index contributed by atoms with van der Waals surface area (Å²) in [6.45, 7) is 5.50. The SMILES string of the molecule is CC(C)(C)C(=O)Nc1nnc(-c2ccc(Cl)cc2Cl)s1. The minimum Gasteiger partial charge on any atom is -0.300 e. The van der Waals surface area contributed by atoms with Crippen LogP contribution in [0.15, 0.2) is 18.2 Å². The summed E-state index contributed by atoms with van der Waals surface area (Å²) in [5.74, 6) is -0.109. The molecule has 0 spiro atoms. The van der Waals surface area contributed by atoms with Crippen molar-refractivity contribution in [3.63, 3.8) is 0 Å². The highest BCUT2D eigenvalue weighted by molar-refractivity contribution is 7.18. The van der Waals surface area contributed by atoms with Crippen LogP contribution in [0.25, 0.3) is 10.6 Å². The predicted octanol–water partition coefficient (Wildman–Crippen LogP) is 4.50. The van der Waals surface area contributed by atoms with E-state index in [1.54, 1.807) is 18.2 Å². The first kappa shape index (κ1) is 15.2. The molecule has 0 aliphatic carbocycles. The van der Waals surface area contributed by atoms with Gasteiger partial charge in [0.2, 0.25) is 11.0 Å². The van der Waals surface area contributed by atoms with Crippen molar-refractivity contribution in [3.8, 4) is 10.6 Å². The molecule has 0 saturated carbocycles. The molecule has 1 heterocycles. The zero-order valence-electron chi connectivity index (χ0n) is 11.2. The molecule has 0 atom stereocenters. The first-order valence-corrected chi connectivity index (χ1v) is 7.45. The molecule has 0 saturated heterocycles. The predicted molar refractivity (Wildman–Crippen MR) is 83.4 cm³/mol. The molecule has 1 amide bonds. The minimum atomic E-state index is -0.482. The molecule has 7 heteroatoms. The summed E-state index contributed by atoms with van der Waals surface area (Å²) in [5.41, 5.74) is 0.258. The largest absolute Gasteiger partial charge is 0.300 e. The third-order valence-electron chi connectivity index (χ3n) is 2.49. The molecule has 0 bridgehead atoms. The minimum absolute atomic E-state index is 0.109. The quantitative estimate of drug-likeness (QED) is 0.882. The van der Waals surface area contributed by atoms with Crippen LogP contribution in [0.1, 0.15) is 20.8 Å². The molecular weight excluding hydrogens is 317 g/mol. The second kappa shape index (κ2) is 5.68. The van der Waals surface area contributed by atoms with Crippen molar-refractivity contribution in [1.82, 2.24) is 10.2 Å². The van der Waals surface area contributed by atoms with Crippen LogP contribution in [0.3, 0.4) is 0 Å². The second-order valence-electron chi connectivity index (χ2n) is 5.24. The van der Waals surface area contributed by atoms with Crippen LogP contribution in [0.4, 0.5) is 5.13 Å². The zero-order valence-corrected chi connectivity index (χ0v) is 13.5. The van der Waals surface area contributed by atoms with Crippen LogP contribution < -0.4 is 5.32 Å². The summed E-state index contributed by atoms with van der Waals surface area (Å²) < 4.78 is 0. The van der Waals surface area contributed by atoms with E-state index in [9.17, 15) is 4.79 Å². The maximum Gasteiger partial charge on any atom is 0.231 e. The summed E-state index contributed by atoms with van der Waals surface area (Å²) in [5, 5.41) is 12.9. The van der Waals surface area contributed by atoms with Gasteiger partial charge in [0.15, 0.2) is 5.01 Å². The summed E-state index contributed by atoms with van der Waals surface area (Å²) in [6, 6.07) is 5.16. The zero-order chi connectivity index (χ0) is 14.9. The monoisotopic (exact) mass is 329 g/mol. The van der Waals surface area contributed by atoms with E-state index in [1.807, 2.05) is 20.8 Å². The van der Waals surface area contributed by atoms with Crippen molar-refractivity contribution >= 4 is 45.6 Å². The first-order valence-electron chi connectivity index (χ1n) is 5.88. The fourth-order valence-electron chi connectivity index (χ4n) is 1.33. The van der Waals surface area contributed by atoms with Gasteiger partial charge in [-0.3, -0.25) is 4.79 Å². The van der Waals surface area contributed by atoms with Crippen LogP contribution in [-0.2, 0) is 4.79 Å². The van der Waals surface area contributed by atoms with E-state index >= 15 is 0 Å². The Balaban J connectivity index is 2.23. The van der Waals surface area contributed by atoms with E-state index in [0.717, 1.165) is 5.56 Å². The molecular formula is C13H13Cl2N3OS. The fraction of sp³-hybridized carbons (Fsp3) is 0.308. The molecule has 0 fully saturated rings. The number of carbonyl (C=O) groups excluding carboxylic acids is 1. The van der Waals surface area contributed by atoms with E-state index in [0.29, 0.717) is 20.2 Å². The normalized spacial score (nSPS) is 11.4. The highest BCUT2D eigenvalue weighted by Crippen LogP contribution is 2.33. The molecule has 1 aromatic heterocycles.